The van der Waals surface area contributed by atoms with Gasteiger partial charge in [-0.2, -0.15) is 0 Å². The van der Waals surface area contributed by atoms with E-state index in [4.69, 9.17) is 0 Å². The Kier molecular flexibility index (Phi) is 5.73. The quantitative estimate of drug-likeness (QED) is 0.395. The molecule has 0 unspecified atom stereocenters. The molecule has 4 aromatic rings. The van der Waals surface area contributed by atoms with Crippen LogP contribution in [-0.4, -0.2) is 21.8 Å². The van der Waals surface area contributed by atoms with Crippen LogP contribution in [-0.2, 0) is 13.1 Å². The fourth-order valence-corrected chi connectivity index (χ4v) is 4.76. The van der Waals surface area contributed by atoms with E-state index < -0.39 is 0 Å². The van der Waals surface area contributed by atoms with Crippen molar-refractivity contribution in [2.45, 2.75) is 24.0 Å². The van der Waals surface area contributed by atoms with E-state index in [0.717, 1.165) is 28.1 Å². The Morgan fingerprint density at radius 2 is 1.69 bits per heavy atom. The van der Waals surface area contributed by atoms with Crippen molar-refractivity contribution in [3.63, 3.8) is 0 Å². The summed E-state index contributed by atoms with van der Waals surface area (Å²) >= 11 is 1.72. The molecule has 160 valence electrons. The zero-order valence-electron chi connectivity index (χ0n) is 17.9. The summed E-state index contributed by atoms with van der Waals surface area (Å²) in [5.74, 6) is 0. The number of aromatic nitrogens is 1. The highest BCUT2D eigenvalue weighted by Gasteiger charge is 2.32. The molecule has 0 saturated heterocycles. The minimum atomic E-state index is -0.191. The number of nitrogens with one attached hydrogen (secondary N) is 1. The number of para-hydroxylation sites is 1. The van der Waals surface area contributed by atoms with Gasteiger partial charge in [-0.25, -0.2) is 4.79 Å². The topological polar surface area (TPSA) is 37.3 Å². The molecule has 1 atom stereocenters. The van der Waals surface area contributed by atoms with E-state index in [1.54, 1.807) is 11.8 Å². The Hall–Kier alpha value is -3.44. The molecule has 2 amide bonds. The second-order valence-corrected chi connectivity index (χ2v) is 8.76. The summed E-state index contributed by atoms with van der Waals surface area (Å²) in [6, 6.07) is 30.8. The van der Waals surface area contributed by atoms with Crippen molar-refractivity contribution in [3.05, 3.63) is 120 Å². The molecule has 0 bridgehead atoms. The summed E-state index contributed by atoms with van der Waals surface area (Å²) in [5, 5.41) is 3.15. The van der Waals surface area contributed by atoms with Crippen molar-refractivity contribution < 1.29 is 4.79 Å². The monoisotopic (exact) mass is 439 g/mol. The molecule has 0 fully saturated rings. The smallest absolute Gasteiger partial charge is 0.318 e. The molecule has 1 aliphatic rings. The summed E-state index contributed by atoms with van der Waals surface area (Å²) in [4.78, 5) is 16.7. The van der Waals surface area contributed by atoms with E-state index >= 15 is 0 Å². The first kappa shape index (κ1) is 20.5. The number of amides is 2. The molecule has 5 rings (SSSR count). The first-order valence-electron chi connectivity index (χ1n) is 10.7. The molecule has 3 aromatic carbocycles. The van der Waals surface area contributed by atoms with E-state index in [1.165, 1.54) is 4.90 Å². The fourth-order valence-electron chi connectivity index (χ4n) is 4.35. The highest BCUT2D eigenvalue weighted by atomic mass is 32.2. The Balaban J connectivity index is 1.56. The number of urea groups is 1. The standard InChI is InChI=1S/C27H25N3OS/c1-32-23-15-13-21(14-16-23)26-25-12-7-17-29(25)24-11-6-5-10-22(24)19-30(26)27(31)28-18-20-8-3-2-4-9-20/h2-17,26H,18-19H2,1H3,(H,28,31)/t26-/m0/s1. The van der Waals surface area contributed by atoms with E-state index in [9.17, 15) is 4.79 Å². The Morgan fingerprint density at radius 1 is 0.938 bits per heavy atom. The van der Waals surface area contributed by atoms with Crippen LogP contribution in [0.3, 0.4) is 0 Å². The number of hydrogen-bond donors (Lipinski definition) is 1. The van der Waals surface area contributed by atoms with Gasteiger partial charge in [0.25, 0.3) is 0 Å². The van der Waals surface area contributed by atoms with E-state index in [0.29, 0.717) is 13.1 Å². The summed E-state index contributed by atoms with van der Waals surface area (Å²) in [6.45, 7) is 1.03. The van der Waals surface area contributed by atoms with Crippen LogP contribution < -0.4 is 5.32 Å². The number of rotatable bonds is 4. The normalized spacial score (nSPS) is 14.9. The van der Waals surface area contributed by atoms with Gasteiger partial charge in [0.2, 0.25) is 0 Å². The maximum atomic E-state index is 13.6. The van der Waals surface area contributed by atoms with Crippen LogP contribution in [0.25, 0.3) is 5.69 Å². The number of carbonyl (C=O) groups excluding carboxylic acids is 1. The molecule has 0 spiro atoms. The molecule has 5 heteroatoms. The molecular formula is C27H25N3OS. The highest BCUT2D eigenvalue weighted by molar-refractivity contribution is 7.98. The molecule has 4 nitrogen and oxygen atoms in total. The van der Waals surface area contributed by atoms with E-state index in [2.05, 4.69) is 76.9 Å². The van der Waals surface area contributed by atoms with E-state index in [1.807, 2.05) is 41.3 Å². The molecule has 0 aliphatic carbocycles. The number of thioether (sulfide) groups is 1. The third kappa shape index (κ3) is 3.92. The zero-order valence-corrected chi connectivity index (χ0v) is 18.8. The van der Waals surface area contributed by atoms with Crippen LogP contribution in [0.2, 0.25) is 0 Å². The van der Waals surface area contributed by atoms with Gasteiger partial charge in [0, 0.05) is 23.3 Å². The lowest BCUT2D eigenvalue weighted by atomic mass is 10.0. The summed E-state index contributed by atoms with van der Waals surface area (Å²) in [6.07, 6.45) is 4.16. The minimum absolute atomic E-state index is 0.0720. The number of nitrogens with zero attached hydrogens (tertiary/aromatic N) is 2. The van der Waals surface area contributed by atoms with Gasteiger partial charge >= 0.3 is 6.03 Å². The van der Waals surface area contributed by atoms with Gasteiger partial charge in [-0.05, 0) is 53.3 Å². The van der Waals surface area contributed by atoms with Crippen molar-refractivity contribution in [1.82, 2.24) is 14.8 Å². The number of benzene rings is 3. The van der Waals surface area contributed by atoms with Crippen LogP contribution in [0.4, 0.5) is 4.79 Å². The number of hydrogen-bond acceptors (Lipinski definition) is 2. The molecule has 0 saturated carbocycles. The van der Waals surface area contributed by atoms with Gasteiger partial charge in [0.15, 0.2) is 0 Å². The average Bonchev–Trinajstić information content (AvgIpc) is 3.27. The van der Waals surface area contributed by atoms with Gasteiger partial charge in [0.05, 0.1) is 18.3 Å². The molecule has 2 heterocycles. The van der Waals surface area contributed by atoms with Gasteiger partial charge in [-0.3, -0.25) is 0 Å². The molecule has 1 N–H and O–H groups in total. The summed E-state index contributed by atoms with van der Waals surface area (Å²) in [7, 11) is 0. The lowest BCUT2D eigenvalue weighted by Gasteiger charge is -2.31. The van der Waals surface area contributed by atoms with Crippen LogP contribution in [0.1, 0.15) is 28.4 Å². The first-order chi connectivity index (χ1) is 15.7. The second kappa shape index (κ2) is 8.97. The Labute approximate surface area is 192 Å². The predicted molar refractivity (Wildman–Crippen MR) is 130 cm³/mol. The minimum Gasteiger partial charge on any atom is -0.334 e. The molecule has 1 aromatic heterocycles. The predicted octanol–water partition coefficient (Wildman–Crippen LogP) is 6.01. The highest BCUT2D eigenvalue weighted by Crippen LogP contribution is 2.37. The summed E-state index contributed by atoms with van der Waals surface area (Å²) in [5.41, 5.74) is 5.52. The lowest BCUT2D eigenvalue weighted by Crippen LogP contribution is -2.41. The second-order valence-electron chi connectivity index (χ2n) is 7.88. The maximum Gasteiger partial charge on any atom is 0.318 e. The van der Waals surface area contributed by atoms with Crippen molar-refractivity contribution >= 4 is 17.8 Å². The fraction of sp³-hybridized carbons (Fsp3) is 0.148. The van der Waals surface area contributed by atoms with Gasteiger partial charge in [-0.1, -0.05) is 60.7 Å². The van der Waals surface area contributed by atoms with Crippen LogP contribution in [0, 0.1) is 0 Å². The van der Waals surface area contributed by atoms with Crippen molar-refractivity contribution in [2.75, 3.05) is 6.26 Å². The SMILES string of the molecule is CSc1ccc([C@H]2c3cccn3-c3ccccc3CN2C(=O)NCc2ccccc2)cc1. The van der Waals surface area contributed by atoms with Crippen molar-refractivity contribution in [1.29, 1.82) is 0 Å². The number of carbonyl (C=O) groups is 1. The largest absolute Gasteiger partial charge is 0.334 e. The summed E-state index contributed by atoms with van der Waals surface area (Å²) < 4.78 is 2.22. The van der Waals surface area contributed by atoms with E-state index in [-0.39, 0.29) is 12.1 Å². The number of fused-ring (bicyclic) bond motifs is 3. The molecule has 0 radical (unpaired) electrons. The third-order valence-electron chi connectivity index (χ3n) is 5.94. The molecule has 1 aliphatic heterocycles. The van der Waals surface area contributed by atoms with Gasteiger partial charge < -0.3 is 14.8 Å². The van der Waals surface area contributed by atoms with Crippen molar-refractivity contribution in [3.8, 4) is 5.69 Å². The average molecular weight is 440 g/mol. The first-order valence-corrected chi connectivity index (χ1v) is 11.9. The molecule has 32 heavy (non-hydrogen) atoms. The Bertz CT molecular complexity index is 1220. The lowest BCUT2D eigenvalue weighted by molar-refractivity contribution is 0.180. The van der Waals surface area contributed by atoms with Crippen molar-refractivity contribution in [2.24, 2.45) is 0 Å². The maximum absolute atomic E-state index is 13.6. The molecular weight excluding hydrogens is 414 g/mol. The zero-order chi connectivity index (χ0) is 21.9. The van der Waals surface area contributed by atoms with Gasteiger partial charge in [-0.15, -0.1) is 11.8 Å². The van der Waals surface area contributed by atoms with Crippen LogP contribution in [0.15, 0.2) is 102 Å². The van der Waals surface area contributed by atoms with Gasteiger partial charge in [0.1, 0.15) is 0 Å². The van der Waals surface area contributed by atoms with Crippen LogP contribution in [0.5, 0.6) is 0 Å². The van der Waals surface area contributed by atoms with Crippen LogP contribution >= 0.6 is 11.8 Å². The third-order valence-corrected chi connectivity index (χ3v) is 6.69. The Morgan fingerprint density at radius 3 is 2.47 bits per heavy atom.